The summed E-state index contributed by atoms with van der Waals surface area (Å²) < 4.78 is 0.768. The Labute approximate surface area is 137 Å². The van der Waals surface area contributed by atoms with Gasteiger partial charge in [-0.1, -0.05) is 26.8 Å². The van der Waals surface area contributed by atoms with Crippen LogP contribution in [0.2, 0.25) is 0 Å². The number of carbonyl (C=O) groups is 1. The fourth-order valence-corrected chi connectivity index (χ4v) is 2.32. The van der Waals surface area contributed by atoms with E-state index in [9.17, 15) is 10.0 Å². The molecule has 1 N–H and O–H groups in total. The lowest BCUT2D eigenvalue weighted by molar-refractivity contribution is -0.606. The SMILES string of the molecule is Cc1cncc([C@H](NC(=O)C(C)(C)C)c2cc(C)c[n+]([O-])c2)c1. The second-order valence-corrected chi connectivity index (χ2v) is 6.96. The van der Waals surface area contributed by atoms with Crippen LogP contribution in [0.1, 0.15) is 49.1 Å². The molecule has 122 valence electrons. The molecule has 0 spiro atoms. The van der Waals surface area contributed by atoms with Crippen LogP contribution in [0, 0.1) is 24.5 Å². The Morgan fingerprint density at radius 2 is 1.78 bits per heavy atom. The number of aromatic nitrogens is 2. The van der Waals surface area contributed by atoms with Crippen LogP contribution in [-0.2, 0) is 4.79 Å². The van der Waals surface area contributed by atoms with E-state index in [2.05, 4.69) is 10.3 Å². The zero-order valence-corrected chi connectivity index (χ0v) is 14.3. The molecule has 0 saturated carbocycles. The van der Waals surface area contributed by atoms with E-state index in [1.165, 1.54) is 12.4 Å². The van der Waals surface area contributed by atoms with E-state index in [0.29, 0.717) is 0 Å². The van der Waals surface area contributed by atoms with Crippen LogP contribution < -0.4 is 10.0 Å². The summed E-state index contributed by atoms with van der Waals surface area (Å²) in [5.41, 5.74) is 2.92. The number of pyridine rings is 2. The Kier molecular flexibility index (Phi) is 4.68. The second-order valence-electron chi connectivity index (χ2n) is 6.96. The van der Waals surface area contributed by atoms with E-state index >= 15 is 0 Å². The highest BCUT2D eigenvalue weighted by atomic mass is 16.5. The number of hydrogen-bond acceptors (Lipinski definition) is 3. The Bertz CT molecular complexity index is 700. The highest BCUT2D eigenvalue weighted by molar-refractivity contribution is 5.82. The molecule has 0 fully saturated rings. The molecule has 0 aliphatic rings. The molecular weight excluding hydrogens is 290 g/mol. The average molecular weight is 313 g/mol. The van der Waals surface area contributed by atoms with Crippen molar-refractivity contribution in [3.63, 3.8) is 0 Å². The number of hydrogen-bond donors (Lipinski definition) is 1. The first-order chi connectivity index (χ1) is 10.7. The van der Waals surface area contributed by atoms with Crippen LogP contribution >= 0.6 is 0 Å². The lowest BCUT2D eigenvalue weighted by Gasteiger charge is -2.24. The third kappa shape index (κ3) is 4.28. The van der Waals surface area contributed by atoms with Gasteiger partial charge in [0.1, 0.15) is 0 Å². The topological polar surface area (TPSA) is 68.9 Å². The molecule has 2 aromatic heterocycles. The molecule has 0 saturated heterocycles. The largest absolute Gasteiger partial charge is 0.619 e. The number of amides is 1. The molecule has 2 aromatic rings. The highest BCUT2D eigenvalue weighted by Crippen LogP contribution is 2.24. The van der Waals surface area contributed by atoms with Gasteiger partial charge >= 0.3 is 0 Å². The minimum Gasteiger partial charge on any atom is -0.619 e. The molecule has 5 nitrogen and oxygen atoms in total. The molecule has 2 heterocycles. The summed E-state index contributed by atoms with van der Waals surface area (Å²) in [5.74, 6) is -0.0806. The summed E-state index contributed by atoms with van der Waals surface area (Å²) >= 11 is 0. The first-order valence-corrected chi connectivity index (χ1v) is 7.59. The van der Waals surface area contributed by atoms with Gasteiger partial charge in [0.2, 0.25) is 5.91 Å². The van der Waals surface area contributed by atoms with Crippen molar-refractivity contribution < 1.29 is 9.52 Å². The van der Waals surface area contributed by atoms with Crippen molar-refractivity contribution in [1.82, 2.24) is 10.3 Å². The van der Waals surface area contributed by atoms with Crippen LogP contribution in [0.25, 0.3) is 0 Å². The van der Waals surface area contributed by atoms with E-state index < -0.39 is 11.5 Å². The molecule has 0 bridgehead atoms. The third-order valence-electron chi connectivity index (χ3n) is 3.52. The zero-order chi connectivity index (χ0) is 17.2. The van der Waals surface area contributed by atoms with Crippen LogP contribution in [0.15, 0.2) is 36.9 Å². The summed E-state index contributed by atoms with van der Waals surface area (Å²) in [6, 6.07) is 3.47. The fourth-order valence-electron chi connectivity index (χ4n) is 2.32. The fraction of sp³-hybridized carbons (Fsp3) is 0.389. The summed E-state index contributed by atoms with van der Waals surface area (Å²) in [7, 11) is 0. The van der Waals surface area contributed by atoms with Crippen LogP contribution in [0.4, 0.5) is 0 Å². The maximum absolute atomic E-state index is 12.5. The van der Waals surface area contributed by atoms with Gasteiger partial charge in [-0.15, -0.1) is 0 Å². The molecular formula is C18H23N3O2. The predicted molar refractivity (Wildman–Crippen MR) is 88.6 cm³/mol. The molecule has 1 atom stereocenters. The minimum absolute atomic E-state index is 0.0806. The van der Waals surface area contributed by atoms with Gasteiger partial charge in [0.15, 0.2) is 12.4 Å². The van der Waals surface area contributed by atoms with Gasteiger partial charge in [-0.05, 0) is 31.0 Å². The van der Waals surface area contributed by atoms with Crippen molar-refractivity contribution in [2.24, 2.45) is 5.41 Å². The van der Waals surface area contributed by atoms with E-state index in [1.807, 2.05) is 46.8 Å². The summed E-state index contributed by atoms with van der Waals surface area (Å²) in [6.45, 7) is 9.38. The van der Waals surface area contributed by atoms with Crippen molar-refractivity contribution in [1.29, 1.82) is 0 Å². The molecule has 0 radical (unpaired) electrons. The summed E-state index contributed by atoms with van der Waals surface area (Å²) in [4.78, 5) is 16.7. The maximum atomic E-state index is 12.5. The van der Waals surface area contributed by atoms with Gasteiger partial charge in [-0.25, -0.2) is 0 Å². The standard InChI is InChI=1S/C18H23N3O2/c1-12-6-14(9-19-8-12)16(20-17(22)18(3,4)5)15-7-13(2)10-21(23)11-15/h6-11,16H,1-5H3,(H,20,22)/t16-/m0/s1. The Morgan fingerprint density at radius 3 is 2.35 bits per heavy atom. The number of aryl methyl sites for hydroxylation is 2. The lowest BCUT2D eigenvalue weighted by Crippen LogP contribution is -2.39. The van der Waals surface area contributed by atoms with E-state index in [1.54, 1.807) is 12.4 Å². The van der Waals surface area contributed by atoms with Gasteiger partial charge in [0.25, 0.3) is 0 Å². The molecule has 2 rings (SSSR count). The lowest BCUT2D eigenvalue weighted by atomic mass is 9.93. The quantitative estimate of drug-likeness (QED) is 0.699. The molecule has 0 aromatic carbocycles. The van der Waals surface area contributed by atoms with E-state index in [0.717, 1.165) is 27.0 Å². The first kappa shape index (κ1) is 16.9. The van der Waals surface area contributed by atoms with E-state index in [-0.39, 0.29) is 5.91 Å². The molecule has 23 heavy (non-hydrogen) atoms. The smallest absolute Gasteiger partial charge is 0.226 e. The number of carbonyl (C=O) groups excluding carboxylic acids is 1. The molecule has 0 aliphatic heterocycles. The predicted octanol–water partition coefficient (Wildman–Crippen LogP) is 2.58. The Morgan fingerprint density at radius 1 is 1.13 bits per heavy atom. The number of rotatable bonds is 3. The number of nitrogens with one attached hydrogen (secondary N) is 1. The normalized spacial score (nSPS) is 12.7. The van der Waals surface area contributed by atoms with Gasteiger partial charge in [0, 0.05) is 28.9 Å². The van der Waals surface area contributed by atoms with Crippen molar-refractivity contribution >= 4 is 5.91 Å². The van der Waals surface area contributed by atoms with Gasteiger partial charge < -0.3 is 10.5 Å². The van der Waals surface area contributed by atoms with Crippen molar-refractivity contribution in [2.75, 3.05) is 0 Å². The summed E-state index contributed by atoms with van der Waals surface area (Å²) in [5, 5.41) is 14.8. The van der Waals surface area contributed by atoms with E-state index in [4.69, 9.17) is 0 Å². The molecule has 1 amide bonds. The van der Waals surface area contributed by atoms with Crippen LogP contribution in [0.3, 0.4) is 0 Å². The van der Waals surface area contributed by atoms with Gasteiger partial charge in [-0.3, -0.25) is 9.78 Å². The van der Waals surface area contributed by atoms with Gasteiger partial charge in [0.05, 0.1) is 6.04 Å². The number of nitrogens with zero attached hydrogens (tertiary/aromatic N) is 2. The minimum atomic E-state index is -0.521. The van der Waals surface area contributed by atoms with Crippen molar-refractivity contribution in [3.05, 3.63) is 64.4 Å². The van der Waals surface area contributed by atoms with Crippen LogP contribution in [0.5, 0.6) is 0 Å². The van der Waals surface area contributed by atoms with Crippen molar-refractivity contribution in [3.8, 4) is 0 Å². The monoisotopic (exact) mass is 313 g/mol. The Hall–Kier alpha value is -2.43. The zero-order valence-electron chi connectivity index (χ0n) is 14.3. The maximum Gasteiger partial charge on any atom is 0.226 e. The van der Waals surface area contributed by atoms with Crippen molar-refractivity contribution in [2.45, 2.75) is 40.7 Å². The molecule has 0 unspecified atom stereocenters. The van der Waals surface area contributed by atoms with Crippen LogP contribution in [-0.4, -0.2) is 10.9 Å². The average Bonchev–Trinajstić information content (AvgIpc) is 2.42. The summed E-state index contributed by atoms with van der Waals surface area (Å²) in [6.07, 6.45) is 6.47. The molecule has 5 heteroatoms. The second kappa shape index (κ2) is 6.36. The first-order valence-electron chi connectivity index (χ1n) is 7.59. The Balaban J connectivity index is 2.49. The molecule has 0 aliphatic carbocycles. The third-order valence-corrected chi connectivity index (χ3v) is 3.52. The van der Waals surface area contributed by atoms with Gasteiger partial charge in [-0.2, -0.15) is 4.73 Å². The highest BCUT2D eigenvalue weighted by Gasteiger charge is 2.27.